The molecule has 3 N–H and O–H groups in total. The molecule has 18 heavy (non-hydrogen) atoms. The maximum atomic E-state index is 9.71. The van der Waals surface area contributed by atoms with Gasteiger partial charge in [0.1, 0.15) is 11.5 Å². The van der Waals surface area contributed by atoms with Gasteiger partial charge in [-0.2, -0.15) is 0 Å². The van der Waals surface area contributed by atoms with Gasteiger partial charge in [0.2, 0.25) is 0 Å². The summed E-state index contributed by atoms with van der Waals surface area (Å²) in [5, 5.41) is 22.3. The van der Waals surface area contributed by atoms with Crippen molar-refractivity contribution in [1.29, 1.82) is 0 Å². The fourth-order valence-electron chi connectivity index (χ4n) is 2.02. The summed E-state index contributed by atoms with van der Waals surface area (Å²) in [5.41, 5.74) is 3.06. The van der Waals surface area contributed by atoms with Crippen molar-refractivity contribution in [2.24, 2.45) is 0 Å². The third-order valence-electron chi connectivity index (χ3n) is 3.01. The minimum absolute atomic E-state index is 0.185. The minimum Gasteiger partial charge on any atom is -0.508 e. The molecule has 3 heteroatoms. The molecule has 0 atom stereocenters. The summed E-state index contributed by atoms with van der Waals surface area (Å²) in [7, 11) is 1.89. The van der Waals surface area contributed by atoms with Crippen LogP contribution in [-0.2, 0) is 12.8 Å². The smallest absolute Gasteiger partial charge is 0.119 e. The predicted molar refractivity (Wildman–Crippen MR) is 73.2 cm³/mol. The second-order valence-corrected chi connectivity index (χ2v) is 4.22. The van der Waals surface area contributed by atoms with Gasteiger partial charge in [0.25, 0.3) is 0 Å². The first-order chi connectivity index (χ1) is 8.70. The largest absolute Gasteiger partial charge is 0.508 e. The molecule has 0 saturated carbocycles. The van der Waals surface area contributed by atoms with E-state index in [9.17, 15) is 10.2 Å². The van der Waals surface area contributed by atoms with Crippen molar-refractivity contribution >= 4 is 5.69 Å². The molecule has 0 saturated heterocycles. The zero-order chi connectivity index (χ0) is 13.0. The Bertz CT molecular complexity index is 538. The maximum Gasteiger partial charge on any atom is 0.119 e. The zero-order valence-electron chi connectivity index (χ0n) is 10.4. The van der Waals surface area contributed by atoms with E-state index in [2.05, 4.69) is 11.4 Å². The van der Waals surface area contributed by atoms with Crippen LogP contribution in [0.15, 0.2) is 42.5 Å². The van der Waals surface area contributed by atoms with Gasteiger partial charge in [0.05, 0.1) is 0 Å². The average Bonchev–Trinajstić information content (AvgIpc) is 2.40. The molecule has 0 radical (unpaired) electrons. The quantitative estimate of drug-likeness (QED) is 0.724. The highest BCUT2D eigenvalue weighted by molar-refractivity contribution is 5.51. The van der Waals surface area contributed by atoms with E-state index < -0.39 is 0 Å². The molecular formula is C15H17NO2. The highest BCUT2D eigenvalue weighted by atomic mass is 16.3. The van der Waals surface area contributed by atoms with Crippen LogP contribution >= 0.6 is 0 Å². The first-order valence-electron chi connectivity index (χ1n) is 5.97. The minimum atomic E-state index is 0.185. The van der Waals surface area contributed by atoms with Crippen molar-refractivity contribution in [3.8, 4) is 11.5 Å². The summed E-state index contributed by atoms with van der Waals surface area (Å²) in [5.74, 6) is 0.416. The van der Waals surface area contributed by atoms with Gasteiger partial charge >= 0.3 is 0 Å². The third-order valence-corrected chi connectivity index (χ3v) is 3.01. The summed E-state index contributed by atoms with van der Waals surface area (Å²) in [6.07, 6.45) is 1.51. The van der Waals surface area contributed by atoms with Crippen molar-refractivity contribution < 1.29 is 10.2 Å². The lowest BCUT2D eigenvalue weighted by molar-refractivity contribution is 0.454. The lowest BCUT2D eigenvalue weighted by Crippen LogP contribution is -1.97. The molecular weight excluding hydrogens is 226 g/mol. The van der Waals surface area contributed by atoms with Crippen molar-refractivity contribution in [1.82, 2.24) is 0 Å². The van der Waals surface area contributed by atoms with Crippen LogP contribution in [0.2, 0.25) is 0 Å². The second-order valence-electron chi connectivity index (χ2n) is 4.22. The van der Waals surface area contributed by atoms with Crippen LogP contribution in [-0.4, -0.2) is 17.3 Å². The van der Waals surface area contributed by atoms with Crippen LogP contribution in [0.4, 0.5) is 5.69 Å². The molecule has 0 aromatic heterocycles. The molecule has 0 aliphatic rings. The molecule has 0 unspecified atom stereocenters. The van der Waals surface area contributed by atoms with Gasteiger partial charge in [-0.1, -0.05) is 18.2 Å². The number of rotatable bonds is 4. The van der Waals surface area contributed by atoms with Gasteiger partial charge in [-0.15, -0.1) is 0 Å². The van der Waals surface area contributed by atoms with E-state index in [1.165, 1.54) is 17.7 Å². The van der Waals surface area contributed by atoms with E-state index in [0.717, 1.165) is 17.7 Å². The Hall–Kier alpha value is -2.16. The topological polar surface area (TPSA) is 52.5 Å². The molecule has 0 heterocycles. The molecule has 0 aliphatic carbocycles. The van der Waals surface area contributed by atoms with Crippen molar-refractivity contribution in [3.05, 3.63) is 53.6 Å². The van der Waals surface area contributed by atoms with Crippen LogP contribution in [0.1, 0.15) is 11.1 Å². The fourth-order valence-corrected chi connectivity index (χ4v) is 2.02. The summed E-state index contributed by atoms with van der Waals surface area (Å²) in [4.78, 5) is 0. The molecule has 2 aromatic rings. The molecule has 0 spiro atoms. The van der Waals surface area contributed by atoms with E-state index in [0.29, 0.717) is 6.42 Å². The molecule has 0 amide bonds. The first-order valence-corrected chi connectivity index (χ1v) is 5.97. The van der Waals surface area contributed by atoms with Crippen molar-refractivity contribution in [2.75, 3.05) is 12.4 Å². The molecule has 0 aliphatic heterocycles. The number of aromatic hydroxyl groups is 2. The molecule has 0 fully saturated rings. The highest BCUT2D eigenvalue weighted by Gasteiger charge is 2.05. The lowest BCUT2D eigenvalue weighted by atomic mass is 10.0. The second kappa shape index (κ2) is 5.45. The molecule has 2 rings (SSSR count). The maximum absolute atomic E-state index is 9.71. The molecule has 3 nitrogen and oxygen atoms in total. The van der Waals surface area contributed by atoms with E-state index >= 15 is 0 Å². The number of anilines is 1. The van der Waals surface area contributed by atoms with Gasteiger partial charge in [-0.05, 0) is 48.2 Å². The third kappa shape index (κ3) is 2.74. The summed E-state index contributed by atoms with van der Waals surface area (Å²) in [6.45, 7) is 0. The Morgan fingerprint density at radius 1 is 0.944 bits per heavy atom. The Morgan fingerprint density at radius 3 is 2.44 bits per heavy atom. The van der Waals surface area contributed by atoms with Crippen LogP contribution in [0.3, 0.4) is 0 Å². The van der Waals surface area contributed by atoms with E-state index in [1.807, 2.05) is 25.2 Å². The number of phenolic OH excluding ortho intramolecular Hbond substituents is 2. The lowest BCUT2D eigenvalue weighted by Gasteiger charge is -2.09. The summed E-state index contributed by atoms with van der Waals surface area (Å²) >= 11 is 0. The van der Waals surface area contributed by atoms with E-state index in [-0.39, 0.29) is 11.5 Å². The zero-order valence-corrected chi connectivity index (χ0v) is 10.4. The van der Waals surface area contributed by atoms with Crippen molar-refractivity contribution in [3.63, 3.8) is 0 Å². The van der Waals surface area contributed by atoms with Crippen LogP contribution < -0.4 is 5.32 Å². The monoisotopic (exact) mass is 243 g/mol. The summed E-state index contributed by atoms with van der Waals surface area (Å²) < 4.78 is 0. The Kier molecular flexibility index (Phi) is 3.72. The Balaban J connectivity index is 2.14. The first kappa shape index (κ1) is 12.3. The predicted octanol–water partition coefficient (Wildman–Crippen LogP) is 2.92. The number of phenols is 2. The number of aryl methyl sites for hydroxylation is 2. The highest BCUT2D eigenvalue weighted by Crippen LogP contribution is 2.24. The number of hydrogen-bond donors (Lipinski definition) is 3. The van der Waals surface area contributed by atoms with Crippen LogP contribution in [0, 0.1) is 0 Å². The van der Waals surface area contributed by atoms with E-state index in [4.69, 9.17) is 0 Å². The summed E-state index contributed by atoms with van der Waals surface area (Å²) in [6, 6.07) is 12.7. The SMILES string of the molecule is CNc1ccccc1CCc1cc(O)ccc1O. The Labute approximate surface area is 107 Å². The van der Waals surface area contributed by atoms with Crippen LogP contribution in [0.5, 0.6) is 11.5 Å². The normalized spacial score (nSPS) is 10.3. The number of nitrogens with one attached hydrogen (secondary N) is 1. The van der Waals surface area contributed by atoms with Gasteiger partial charge in [0.15, 0.2) is 0 Å². The molecule has 2 aromatic carbocycles. The Morgan fingerprint density at radius 2 is 1.67 bits per heavy atom. The molecule has 94 valence electrons. The van der Waals surface area contributed by atoms with Gasteiger partial charge in [-0.25, -0.2) is 0 Å². The fraction of sp³-hybridized carbons (Fsp3) is 0.200. The van der Waals surface area contributed by atoms with Gasteiger partial charge in [0, 0.05) is 12.7 Å². The number of hydrogen-bond acceptors (Lipinski definition) is 3. The van der Waals surface area contributed by atoms with Crippen LogP contribution in [0.25, 0.3) is 0 Å². The molecule has 0 bridgehead atoms. The van der Waals surface area contributed by atoms with E-state index in [1.54, 1.807) is 6.07 Å². The van der Waals surface area contributed by atoms with Gasteiger partial charge in [-0.3, -0.25) is 0 Å². The average molecular weight is 243 g/mol. The standard InChI is InChI=1S/C15H17NO2/c1-16-14-5-3-2-4-11(14)6-7-12-10-13(17)8-9-15(12)18/h2-5,8-10,16-18H,6-7H2,1H3. The number of benzene rings is 2. The van der Waals surface area contributed by atoms with Crippen molar-refractivity contribution in [2.45, 2.75) is 12.8 Å². The van der Waals surface area contributed by atoms with Gasteiger partial charge < -0.3 is 15.5 Å². The number of para-hydroxylation sites is 1.